The van der Waals surface area contributed by atoms with Gasteiger partial charge in [0.25, 0.3) is 0 Å². The zero-order chi connectivity index (χ0) is 31.2. The van der Waals surface area contributed by atoms with Gasteiger partial charge in [-0.05, 0) is 110 Å². The Balaban J connectivity index is 1.42. The van der Waals surface area contributed by atoms with E-state index in [9.17, 15) is 5.11 Å². The summed E-state index contributed by atoms with van der Waals surface area (Å²) < 4.78 is 30.4. The van der Waals surface area contributed by atoms with Gasteiger partial charge in [0.2, 0.25) is 5.75 Å². The van der Waals surface area contributed by atoms with Crippen molar-refractivity contribution in [2.75, 3.05) is 48.5 Å². The predicted molar refractivity (Wildman–Crippen MR) is 173 cm³/mol. The first-order valence-electron chi connectivity index (χ1n) is 15.5. The maximum absolute atomic E-state index is 11.4. The van der Waals surface area contributed by atoms with Crippen molar-refractivity contribution < 1.29 is 28.8 Å². The van der Waals surface area contributed by atoms with Crippen LogP contribution < -0.4 is 23.7 Å². The molecular weight excluding hydrogens is 568 g/mol. The van der Waals surface area contributed by atoms with E-state index in [4.69, 9.17) is 23.7 Å². The third-order valence-electron chi connectivity index (χ3n) is 9.66. The molecule has 4 heterocycles. The molecule has 0 saturated heterocycles. The minimum atomic E-state index is -0.0606. The zero-order valence-corrected chi connectivity index (χ0v) is 26.6. The van der Waals surface area contributed by atoms with E-state index in [1.165, 1.54) is 16.7 Å². The number of hydrogen-bond donors (Lipinski definition) is 1. The Kier molecular flexibility index (Phi) is 7.71. The van der Waals surface area contributed by atoms with Gasteiger partial charge in [-0.2, -0.15) is 0 Å². The van der Waals surface area contributed by atoms with Gasteiger partial charge in [0.1, 0.15) is 5.75 Å². The highest BCUT2D eigenvalue weighted by atomic mass is 16.5. The number of ether oxygens (including phenoxy) is 5. The minimum Gasteiger partial charge on any atom is -0.502 e. The van der Waals surface area contributed by atoms with Gasteiger partial charge in [-0.15, -0.1) is 0 Å². The molecule has 0 amide bonds. The minimum absolute atomic E-state index is 0.00993. The van der Waals surface area contributed by atoms with Gasteiger partial charge in [0, 0.05) is 30.7 Å². The third-order valence-corrected chi connectivity index (χ3v) is 9.66. The molecule has 8 nitrogen and oxygen atoms in total. The van der Waals surface area contributed by atoms with Crippen LogP contribution in [0.15, 0.2) is 60.7 Å². The molecular formula is C37H40N2O6. The first kappa shape index (κ1) is 29.3. The predicted octanol–water partition coefficient (Wildman–Crippen LogP) is 6.86. The fourth-order valence-electron chi connectivity index (χ4n) is 7.10. The summed E-state index contributed by atoms with van der Waals surface area (Å²) in [6, 6.07) is 20.6. The average Bonchev–Trinajstić information content (AvgIpc) is 3.05. The topological polar surface area (TPSA) is 72.9 Å². The first-order valence-corrected chi connectivity index (χ1v) is 15.5. The highest BCUT2D eigenvalue weighted by molar-refractivity contribution is 5.62. The molecule has 0 aliphatic carbocycles. The number of nitrogens with zero attached hydrogens (tertiary/aromatic N) is 2. The summed E-state index contributed by atoms with van der Waals surface area (Å²) >= 11 is 0. The number of likely N-dealkylation sites (N-methyl/N-ethyl adjacent to an activating group) is 2. The van der Waals surface area contributed by atoms with Crippen LogP contribution in [0.5, 0.6) is 46.0 Å². The number of hydrogen-bond acceptors (Lipinski definition) is 8. The number of methoxy groups -OCH3 is 3. The summed E-state index contributed by atoms with van der Waals surface area (Å²) in [6.45, 7) is 1.81. The van der Waals surface area contributed by atoms with Crippen LogP contribution in [-0.2, 0) is 25.7 Å². The number of aromatic hydroxyl groups is 1. The van der Waals surface area contributed by atoms with Gasteiger partial charge in [-0.25, -0.2) is 0 Å². The number of benzene rings is 4. The van der Waals surface area contributed by atoms with E-state index in [-0.39, 0.29) is 17.8 Å². The SMILES string of the molecule is COc1ccc2cc1Oc1cc3c(cc1OC)CCN(C)[C@@H]3Cc1ccc(cc1)Oc1c(O)c(OC)cc3c1[C@@H](C2)N(C)CC3. The van der Waals surface area contributed by atoms with Crippen molar-refractivity contribution in [1.29, 1.82) is 0 Å². The van der Waals surface area contributed by atoms with Crippen molar-refractivity contribution in [2.45, 2.75) is 37.8 Å². The normalized spacial score (nSPS) is 19.4. The molecule has 8 rings (SSSR count). The number of phenolic OH excluding ortho intramolecular Hbond substituents is 1. The second-order valence-corrected chi connectivity index (χ2v) is 12.3. The third kappa shape index (κ3) is 5.32. The Bertz CT molecular complexity index is 1740. The molecule has 0 saturated carbocycles. The Morgan fingerprint density at radius 2 is 1.29 bits per heavy atom. The molecule has 0 radical (unpaired) electrons. The van der Waals surface area contributed by atoms with Crippen molar-refractivity contribution in [3.63, 3.8) is 0 Å². The van der Waals surface area contributed by atoms with E-state index in [1.54, 1.807) is 21.3 Å². The van der Waals surface area contributed by atoms with Crippen LogP contribution in [0.25, 0.3) is 0 Å². The van der Waals surface area contributed by atoms with E-state index in [0.29, 0.717) is 46.7 Å². The zero-order valence-electron chi connectivity index (χ0n) is 26.6. The van der Waals surface area contributed by atoms with E-state index >= 15 is 0 Å². The Labute approximate surface area is 264 Å². The summed E-state index contributed by atoms with van der Waals surface area (Å²) in [7, 11) is 9.22. The van der Waals surface area contributed by atoms with E-state index in [1.807, 2.05) is 24.3 Å². The summed E-state index contributed by atoms with van der Waals surface area (Å²) in [5.41, 5.74) is 6.84. The number of phenols is 1. The van der Waals surface area contributed by atoms with Crippen molar-refractivity contribution in [3.8, 4) is 46.0 Å². The monoisotopic (exact) mass is 608 g/mol. The number of rotatable bonds is 3. The van der Waals surface area contributed by atoms with Crippen molar-refractivity contribution >= 4 is 0 Å². The van der Waals surface area contributed by atoms with Crippen LogP contribution in [0, 0.1) is 0 Å². The van der Waals surface area contributed by atoms with Gasteiger partial charge in [0.15, 0.2) is 34.5 Å². The molecule has 8 heteroatoms. The van der Waals surface area contributed by atoms with E-state index in [2.05, 4.69) is 60.3 Å². The molecule has 4 aromatic carbocycles. The molecule has 4 aliphatic heterocycles. The Hall–Kier alpha value is -4.40. The van der Waals surface area contributed by atoms with Gasteiger partial charge in [-0.3, -0.25) is 9.80 Å². The molecule has 0 aromatic heterocycles. The largest absolute Gasteiger partial charge is 0.502 e. The molecule has 0 fully saturated rings. The molecule has 4 aliphatic rings. The fourth-order valence-corrected chi connectivity index (χ4v) is 7.10. The van der Waals surface area contributed by atoms with Crippen molar-refractivity contribution in [1.82, 2.24) is 9.80 Å². The van der Waals surface area contributed by atoms with Crippen LogP contribution in [0.4, 0.5) is 0 Å². The maximum atomic E-state index is 11.4. The summed E-state index contributed by atoms with van der Waals surface area (Å²) in [5, 5.41) is 11.4. The van der Waals surface area contributed by atoms with Crippen LogP contribution >= 0.6 is 0 Å². The molecule has 0 unspecified atom stereocenters. The Morgan fingerprint density at radius 3 is 2.02 bits per heavy atom. The molecule has 6 bridgehead atoms. The number of fused-ring (bicyclic) bond motifs is 2. The van der Waals surface area contributed by atoms with E-state index in [0.717, 1.165) is 49.0 Å². The molecule has 234 valence electrons. The van der Waals surface area contributed by atoms with Gasteiger partial charge < -0.3 is 28.8 Å². The lowest BCUT2D eigenvalue weighted by molar-refractivity contribution is 0.222. The highest BCUT2D eigenvalue weighted by Gasteiger charge is 2.33. The van der Waals surface area contributed by atoms with Crippen LogP contribution in [-0.4, -0.2) is 63.4 Å². The second kappa shape index (κ2) is 11.8. The summed E-state index contributed by atoms with van der Waals surface area (Å²) in [5.74, 6) is 4.17. The molecule has 1 N–H and O–H groups in total. The second-order valence-electron chi connectivity index (χ2n) is 12.3. The first-order chi connectivity index (χ1) is 21.9. The summed E-state index contributed by atoms with van der Waals surface area (Å²) in [6.07, 6.45) is 3.24. The van der Waals surface area contributed by atoms with Crippen LogP contribution in [0.3, 0.4) is 0 Å². The standard InChI is InChI=1S/C37H40N2O6/c1-38-14-12-24-19-31(42-4)33-21-27(24)28(38)16-22-6-9-26(10-7-22)44-37-35-25(20-34(43-5)36(37)40)13-15-39(2)29(35)17-23-8-11-30(41-3)32(18-23)45-33/h6-11,18-21,28-29,40H,12-17H2,1-5H3/t28-,29-/m1/s1. The maximum Gasteiger partial charge on any atom is 0.201 e. The fraction of sp³-hybridized carbons (Fsp3) is 0.351. The summed E-state index contributed by atoms with van der Waals surface area (Å²) in [4.78, 5) is 4.72. The Morgan fingerprint density at radius 1 is 0.667 bits per heavy atom. The van der Waals surface area contributed by atoms with Crippen molar-refractivity contribution in [2.24, 2.45) is 0 Å². The average molecular weight is 609 g/mol. The van der Waals surface area contributed by atoms with E-state index < -0.39 is 0 Å². The van der Waals surface area contributed by atoms with Gasteiger partial charge in [0.05, 0.1) is 21.3 Å². The van der Waals surface area contributed by atoms with Gasteiger partial charge in [-0.1, -0.05) is 18.2 Å². The van der Waals surface area contributed by atoms with Crippen LogP contribution in [0.1, 0.15) is 45.5 Å². The quantitative estimate of drug-likeness (QED) is 0.271. The molecule has 2 atom stereocenters. The smallest absolute Gasteiger partial charge is 0.201 e. The lowest BCUT2D eigenvalue weighted by atomic mass is 9.87. The van der Waals surface area contributed by atoms with Gasteiger partial charge >= 0.3 is 0 Å². The van der Waals surface area contributed by atoms with Crippen LogP contribution in [0.2, 0.25) is 0 Å². The highest BCUT2D eigenvalue weighted by Crippen LogP contribution is 2.50. The molecule has 4 aromatic rings. The van der Waals surface area contributed by atoms with Crippen molar-refractivity contribution in [3.05, 3.63) is 94.0 Å². The lowest BCUT2D eigenvalue weighted by Gasteiger charge is -2.36. The molecule has 0 spiro atoms. The lowest BCUT2D eigenvalue weighted by Crippen LogP contribution is -2.34. The molecule has 45 heavy (non-hydrogen) atoms.